The van der Waals surface area contributed by atoms with Gasteiger partial charge in [0.25, 0.3) is 0 Å². The lowest BCUT2D eigenvalue weighted by molar-refractivity contribution is 0.417. The van der Waals surface area contributed by atoms with Gasteiger partial charge in [0.2, 0.25) is 0 Å². The van der Waals surface area contributed by atoms with E-state index in [1.165, 1.54) is 0 Å². The highest BCUT2D eigenvalue weighted by molar-refractivity contribution is 5.97. The van der Waals surface area contributed by atoms with Gasteiger partial charge in [0.15, 0.2) is 23.3 Å². The summed E-state index contributed by atoms with van der Waals surface area (Å²) in [6.07, 6.45) is 14.1. The van der Waals surface area contributed by atoms with Gasteiger partial charge in [-0.05, 0) is 62.4 Å². The Labute approximate surface area is 369 Å². The Morgan fingerprint density at radius 1 is 0.516 bits per heavy atom. The lowest BCUT2D eigenvalue weighted by Crippen LogP contribution is -2.44. The van der Waals surface area contributed by atoms with Gasteiger partial charge in [0.05, 0.1) is 84.6 Å². The lowest BCUT2D eigenvalue weighted by Gasteiger charge is -2.36. The second kappa shape index (κ2) is 17.6. The maximum absolute atomic E-state index is 5.78. The molecular formula is C46H46N16O2. The van der Waals surface area contributed by atoms with E-state index in [1.807, 2.05) is 84.8 Å². The molecule has 0 bridgehead atoms. The molecule has 2 aliphatic heterocycles. The van der Waals surface area contributed by atoms with Crippen molar-refractivity contribution in [3.8, 4) is 34.3 Å². The van der Waals surface area contributed by atoms with Gasteiger partial charge < -0.3 is 29.9 Å². The fourth-order valence-corrected chi connectivity index (χ4v) is 8.07. The Kier molecular flexibility index (Phi) is 11.1. The van der Waals surface area contributed by atoms with E-state index in [-0.39, 0.29) is 0 Å². The molecule has 18 nitrogen and oxygen atoms in total. The van der Waals surface area contributed by atoms with Crippen LogP contribution < -0.4 is 39.9 Å². The molecule has 0 saturated carbocycles. The van der Waals surface area contributed by atoms with Gasteiger partial charge in [0.1, 0.15) is 23.1 Å². The lowest BCUT2D eigenvalue weighted by atomic mass is 10.2. The molecule has 64 heavy (non-hydrogen) atoms. The van der Waals surface area contributed by atoms with Crippen molar-refractivity contribution in [1.82, 2.24) is 60.5 Å². The van der Waals surface area contributed by atoms with Crippen molar-refractivity contribution >= 4 is 56.5 Å². The molecule has 0 atom stereocenters. The number of aromatic nitrogens is 10. The van der Waals surface area contributed by atoms with E-state index in [9.17, 15) is 0 Å². The first-order chi connectivity index (χ1) is 31.4. The van der Waals surface area contributed by atoms with Crippen LogP contribution in [0, 0.1) is 13.8 Å². The van der Waals surface area contributed by atoms with Crippen molar-refractivity contribution in [3.63, 3.8) is 0 Å². The first kappa shape index (κ1) is 40.4. The number of fused-ring (bicyclic) bond motifs is 2. The molecule has 10 heterocycles. The summed E-state index contributed by atoms with van der Waals surface area (Å²) in [7, 11) is 3.29. The highest BCUT2D eigenvalue weighted by atomic mass is 16.5. The summed E-state index contributed by atoms with van der Waals surface area (Å²) in [5.74, 6) is 4.95. The third-order valence-electron chi connectivity index (χ3n) is 11.3. The van der Waals surface area contributed by atoms with Gasteiger partial charge in [-0.3, -0.25) is 19.9 Å². The number of pyridine rings is 6. The number of rotatable bonds is 11. The van der Waals surface area contributed by atoms with Gasteiger partial charge in [-0.25, -0.2) is 39.9 Å². The molecule has 0 spiro atoms. The van der Waals surface area contributed by atoms with Crippen LogP contribution in [0.15, 0.2) is 98.1 Å². The van der Waals surface area contributed by atoms with Crippen LogP contribution in [0.3, 0.4) is 0 Å². The number of methoxy groups -OCH3 is 2. The smallest absolute Gasteiger partial charge is 0.162 e. The number of nitrogens with one attached hydrogen (secondary N) is 2. The number of nitrogens with zero attached hydrogens (tertiary/aromatic N) is 14. The van der Waals surface area contributed by atoms with E-state index in [2.05, 4.69) is 30.4 Å². The Hall–Kier alpha value is -7.70. The number of hydrogen-bond donors (Lipinski definition) is 2. The second-order valence-corrected chi connectivity index (χ2v) is 15.4. The van der Waals surface area contributed by atoms with E-state index in [0.29, 0.717) is 45.8 Å². The molecule has 0 aromatic carbocycles. The minimum absolute atomic E-state index is 0.519. The SMILES string of the molecule is COc1cncc2nc(-c3ccnc(N(c4ccc(C)nc4)N(c4ccc(C)nc4)c4cc(-c5nc(N6CCNCC6)c6c(OC)cncc6n5)ccn4)c3)nc(N3CCNCC3)c12. The minimum atomic E-state index is 0.519. The number of hydrogen-bond acceptors (Lipinski definition) is 18. The van der Waals surface area contributed by atoms with Crippen LogP contribution in [0.1, 0.15) is 11.4 Å². The zero-order chi connectivity index (χ0) is 43.6. The molecule has 8 aromatic rings. The van der Waals surface area contributed by atoms with Crippen molar-refractivity contribution in [2.75, 3.05) is 86.4 Å². The maximum atomic E-state index is 5.78. The summed E-state index contributed by atoms with van der Waals surface area (Å²) in [5.41, 5.74) is 6.01. The normalized spacial score (nSPS) is 14.2. The van der Waals surface area contributed by atoms with E-state index in [1.54, 1.807) is 51.4 Å². The molecule has 2 fully saturated rings. The van der Waals surface area contributed by atoms with Gasteiger partial charge in [-0.2, -0.15) is 0 Å². The molecule has 0 amide bonds. The molecular weight excluding hydrogens is 809 g/mol. The van der Waals surface area contributed by atoms with Crippen LogP contribution in [0.25, 0.3) is 44.6 Å². The predicted octanol–water partition coefficient (Wildman–Crippen LogP) is 5.62. The minimum Gasteiger partial charge on any atom is -0.494 e. The molecule has 0 radical (unpaired) electrons. The van der Waals surface area contributed by atoms with Crippen molar-refractivity contribution in [2.24, 2.45) is 0 Å². The van der Waals surface area contributed by atoms with E-state index in [4.69, 9.17) is 49.3 Å². The molecule has 0 aliphatic carbocycles. The van der Waals surface area contributed by atoms with Crippen LogP contribution in [-0.2, 0) is 0 Å². The molecule has 2 N–H and O–H groups in total. The first-order valence-corrected chi connectivity index (χ1v) is 21.1. The number of anilines is 6. The topological polar surface area (TPSA) is 184 Å². The number of ether oxygens (including phenoxy) is 2. The van der Waals surface area contributed by atoms with Crippen LogP contribution >= 0.6 is 0 Å². The van der Waals surface area contributed by atoms with Gasteiger partial charge in [-0.15, -0.1) is 0 Å². The molecule has 0 unspecified atom stereocenters. The van der Waals surface area contributed by atoms with Gasteiger partial charge in [0, 0.05) is 87.3 Å². The first-order valence-electron chi connectivity index (χ1n) is 21.1. The molecule has 8 aromatic heterocycles. The number of piperazine rings is 2. The molecule has 18 heteroatoms. The standard InChI is InChI=1S/C46H46N16O2/c1-29-5-7-33(23-53-29)61(39-21-31(9-11-51-39)43-55-35-25-49-27-37(63-3)41(35)45(57-43)59-17-13-47-14-18-59)62(34-8-6-30(2)54-24-34)40-22-32(10-12-52-40)44-56-36-26-50-28-38(64-4)42(36)46(58-44)60-19-15-48-16-20-60/h5-12,21-28,47-48H,13-20H2,1-4H3. The predicted molar refractivity (Wildman–Crippen MR) is 247 cm³/mol. The number of hydrazine groups is 1. The largest absolute Gasteiger partial charge is 0.494 e. The molecule has 2 aliphatic rings. The van der Waals surface area contributed by atoms with E-state index < -0.39 is 0 Å². The fraction of sp³-hybridized carbons (Fsp3) is 0.261. The average Bonchev–Trinajstić information content (AvgIpc) is 3.35. The zero-order valence-electron chi connectivity index (χ0n) is 36.0. The Morgan fingerprint density at radius 2 is 0.953 bits per heavy atom. The maximum Gasteiger partial charge on any atom is 0.162 e. The summed E-state index contributed by atoms with van der Waals surface area (Å²) in [6.45, 7) is 10.4. The summed E-state index contributed by atoms with van der Waals surface area (Å²) in [5, 5.41) is 12.5. The van der Waals surface area contributed by atoms with Crippen molar-refractivity contribution in [1.29, 1.82) is 0 Å². The molecule has 2 saturated heterocycles. The van der Waals surface area contributed by atoms with Crippen LogP contribution in [0.5, 0.6) is 11.5 Å². The Bertz CT molecular complexity index is 2740. The monoisotopic (exact) mass is 854 g/mol. The average molecular weight is 855 g/mol. The van der Waals surface area contributed by atoms with E-state index in [0.717, 1.165) is 109 Å². The van der Waals surface area contributed by atoms with Gasteiger partial charge in [-0.1, -0.05) is 0 Å². The van der Waals surface area contributed by atoms with Crippen molar-refractivity contribution < 1.29 is 9.47 Å². The summed E-state index contributed by atoms with van der Waals surface area (Å²) < 4.78 is 11.6. The summed E-state index contributed by atoms with van der Waals surface area (Å²) in [4.78, 5) is 53.5. The van der Waals surface area contributed by atoms with Crippen LogP contribution in [0.2, 0.25) is 0 Å². The van der Waals surface area contributed by atoms with Crippen molar-refractivity contribution in [3.05, 3.63) is 109 Å². The second-order valence-electron chi connectivity index (χ2n) is 15.4. The Balaban J connectivity index is 1.14. The highest BCUT2D eigenvalue weighted by Crippen LogP contribution is 2.40. The molecule has 322 valence electrons. The van der Waals surface area contributed by atoms with Gasteiger partial charge >= 0.3 is 0 Å². The Morgan fingerprint density at radius 3 is 1.34 bits per heavy atom. The fourth-order valence-electron chi connectivity index (χ4n) is 8.07. The van der Waals surface area contributed by atoms with Crippen molar-refractivity contribution in [2.45, 2.75) is 13.8 Å². The third-order valence-corrected chi connectivity index (χ3v) is 11.3. The van der Waals surface area contributed by atoms with Crippen LogP contribution in [0.4, 0.5) is 34.6 Å². The van der Waals surface area contributed by atoms with E-state index >= 15 is 0 Å². The summed E-state index contributed by atoms with van der Waals surface area (Å²) in [6, 6.07) is 15.7. The molecule has 10 rings (SSSR count). The zero-order valence-corrected chi connectivity index (χ0v) is 36.0. The highest BCUT2D eigenvalue weighted by Gasteiger charge is 2.28. The quantitative estimate of drug-likeness (QED) is 0.153. The number of aryl methyl sites for hydroxylation is 2. The summed E-state index contributed by atoms with van der Waals surface area (Å²) >= 11 is 0. The third kappa shape index (κ3) is 7.84. The van der Waals surface area contributed by atoms with Crippen LogP contribution in [-0.4, -0.2) is 116 Å².